The van der Waals surface area contributed by atoms with Crippen molar-refractivity contribution in [1.82, 2.24) is 14.8 Å². The van der Waals surface area contributed by atoms with Gasteiger partial charge in [-0.05, 0) is 26.3 Å². The monoisotopic (exact) mass is 222 g/mol. The number of hydrogen-bond donors (Lipinski definition) is 1. The fourth-order valence-electron chi connectivity index (χ4n) is 1.66. The lowest BCUT2D eigenvalue weighted by Gasteiger charge is -2.00. The molecule has 5 heteroatoms. The van der Waals surface area contributed by atoms with Crippen LogP contribution < -0.4 is 5.73 Å². The fourth-order valence-corrected chi connectivity index (χ4v) is 2.59. The molecule has 0 atom stereocenters. The minimum absolute atomic E-state index is 0.773. The van der Waals surface area contributed by atoms with Gasteiger partial charge in [0.25, 0.3) is 0 Å². The van der Waals surface area contributed by atoms with E-state index < -0.39 is 0 Å². The third-order valence-corrected chi connectivity index (χ3v) is 3.54. The van der Waals surface area contributed by atoms with E-state index >= 15 is 0 Å². The van der Waals surface area contributed by atoms with Gasteiger partial charge < -0.3 is 5.73 Å². The lowest BCUT2D eigenvalue weighted by atomic mass is 10.1. The summed E-state index contributed by atoms with van der Waals surface area (Å²) in [6.45, 7) is 6.03. The first-order valence-corrected chi connectivity index (χ1v) is 5.56. The lowest BCUT2D eigenvalue weighted by molar-refractivity contribution is 0.764. The van der Waals surface area contributed by atoms with Crippen molar-refractivity contribution in [3.8, 4) is 11.4 Å². The Kier molecular flexibility index (Phi) is 2.26. The summed E-state index contributed by atoms with van der Waals surface area (Å²) in [4.78, 5) is 5.63. The first-order valence-electron chi connectivity index (χ1n) is 4.74. The average Bonchev–Trinajstić information content (AvgIpc) is 2.56. The SMILES string of the molecule is Cc1nc(-c2c(N)sc(C)c2C)n(C)n1. The topological polar surface area (TPSA) is 56.7 Å². The quantitative estimate of drug-likeness (QED) is 0.803. The molecule has 0 bridgehead atoms. The Labute approximate surface area is 92.8 Å². The van der Waals surface area contributed by atoms with E-state index in [4.69, 9.17) is 5.73 Å². The molecule has 2 rings (SSSR count). The maximum absolute atomic E-state index is 5.99. The summed E-state index contributed by atoms with van der Waals surface area (Å²) in [7, 11) is 1.89. The fraction of sp³-hybridized carbons (Fsp3) is 0.400. The summed E-state index contributed by atoms with van der Waals surface area (Å²) in [6.07, 6.45) is 0. The zero-order valence-electron chi connectivity index (χ0n) is 9.33. The predicted molar refractivity (Wildman–Crippen MR) is 62.9 cm³/mol. The van der Waals surface area contributed by atoms with Crippen molar-refractivity contribution in [2.75, 3.05) is 5.73 Å². The molecule has 0 amide bonds. The van der Waals surface area contributed by atoms with Crippen molar-refractivity contribution < 1.29 is 0 Å². The minimum Gasteiger partial charge on any atom is -0.390 e. The zero-order valence-corrected chi connectivity index (χ0v) is 10.1. The number of nitrogens with two attached hydrogens (primary N) is 1. The van der Waals surface area contributed by atoms with E-state index in [9.17, 15) is 0 Å². The van der Waals surface area contributed by atoms with Crippen molar-refractivity contribution in [1.29, 1.82) is 0 Å². The van der Waals surface area contributed by atoms with E-state index in [1.807, 2.05) is 14.0 Å². The number of nitrogens with zero attached hydrogens (tertiary/aromatic N) is 3. The molecular weight excluding hydrogens is 208 g/mol. The van der Waals surface area contributed by atoms with Crippen LogP contribution in [0.3, 0.4) is 0 Å². The van der Waals surface area contributed by atoms with Crippen molar-refractivity contribution in [3.63, 3.8) is 0 Å². The van der Waals surface area contributed by atoms with Gasteiger partial charge in [-0.3, -0.25) is 0 Å². The first kappa shape index (κ1) is 10.2. The van der Waals surface area contributed by atoms with E-state index in [1.54, 1.807) is 16.0 Å². The third kappa shape index (κ3) is 1.52. The summed E-state index contributed by atoms with van der Waals surface area (Å²) in [5, 5.41) is 5.05. The maximum Gasteiger partial charge on any atom is 0.161 e. The average molecular weight is 222 g/mol. The smallest absolute Gasteiger partial charge is 0.161 e. The number of aryl methyl sites for hydroxylation is 3. The molecule has 0 aromatic carbocycles. The molecule has 2 aromatic heterocycles. The highest BCUT2D eigenvalue weighted by Crippen LogP contribution is 2.36. The van der Waals surface area contributed by atoms with Gasteiger partial charge in [0.1, 0.15) is 5.82 Å². The van der Waals surface area contributed by atoms with Crippen LogP contribution in [0.25, 0.3) is 11.4 Å². The van der Waals surface area contributed by atoms with Crippen molar-refractivity contribution >= 4 is 16.3 Å². The first-order chi connectivity index (χ1) is 7.00. The molecule has 0 aliphatic heterocycles. The number of aromatic nitrogens is 3. The molecule has 0 spiro atoms. The van der Waals surface area contributed by atoms with Gasteiger partial charge in [0.15, 0.2) is 5.82 Å². The Morgan fingerprint density at radius 1 is 1.27 bits per heavy atom. The second-order valence-electron chi connectivity index (χ2n) is 3.63. The molecule has 4 nitrogen and oxygen atoms in total. The van der Waals surface area contributed by atoms with Gasteiger partial charge in [-0.15, -0.1) is 11.3 Å². The van der Waals surface area contributed by atoms with E-state index in [0.717, 1.165) is 22.2 Å². The van der Waals surface area contributed by atoms with Crippen LogP contribution in [-0.4, -0.2) is 14.8 Å². The van der Waals surface area contributed by atoms with Crippen LogP contribution in [0.1, 0.15) is 16.3 Å². The largest absolute Gasteiger partial charge is 0.390 e. The highest BCUT2D eigenvalue weighted by Gasteiger charge is 2.17. The third-order valence-electron chi connectivity index (χ3n) is 2.51. The Bertz CT molecular complexity index is 510. The van der Waals surface area contributed by atoms with E-state index in [1.165, 1.54) is 10.4 Å². The summed E-state index contributed by atoms with van der Waals surface area (Å²) < 4.78 is 1.78. The van der Waals surface area contributed by atoms with E-state index in [0.29, 0.717) is 0 Å². The molecule has 0 fully saturated rings. The Morgan fingerprint density at radius 2 is 1.93 bits per heavy atom. The van der Waals surface area contributed by atoms with Crippen LogP contribution in [0, 0.1) is 20.8 Å². The maximum atomic E-state index is 5.99. The molecule has 2 heterocycles. The summed E-state index contributed by atoms with van der Waals surface area (Å²) in [5.74, 6) is 1.63. The normalized spacial score (nSPS) is 10.9. The summed E-state index contributed by atoms with van der Waals surface area (Å²) in [6, 6.07) is 0. The number of rotatable bonds is 1. The number of anilines is 1. The molecule has 0 radical (unpaired) electrons. The molecule has 2 aromatic rings. The molecule has 80 valence electrons. The molecule has 0 unspecified atom stereocenters. The van der Waals surface area contributed by atoms with Gasteiger partial charge in [-0.2, -0.15) is 5.10 Å². The molecule has 0 aliphatic rings. The molecule has 15 heavy (non-hydrogen) atoms. The van der Waals surface area contributed by atoms with Crippen LogP contribution >= 0.6 is 11.3 Å². The van der Waals surface area contributed by atoms with E-state index in [-0.39, 0.29) is 0 Å². The highest BCUT2D eigenvalue weighted by molar-refractivity contribution is 7.16. The molecule has 0 aliphatic carbocycles. The van der Waals surface area contributed by atoms with Crippen molar-refractivity contribution in [3.05, 3.63) is 16.3 Å². The van der Waals surface area contributed by atoms with Crippen LogP contribution in [-0.2, 0) is 7.05 Å². The van der Waals surface area contributed by atoms with Crippen molar-refractivity contribution in [2.45, 2.75) is 20.8 Å². The van der Waals surface area contributed by atoms with Crippen LogP contribution in [0.2, 0.25) is 0 Å². The zero-order chi connectivity index (χ0) is 11.2. The van der Waals surface area contributed by atoms with Gasteiger partial charge in [0, 0.05) is 11.9 Å². The molecule has 0 saturated carbocycles. The van der Waals surface area contributed by atoms with Gasteiger partial charge in [0.05, 0.1) is 10.6 Å². The summed E-state index contributed by atoms with van der Waals surface area (Å²) in [5.41, 5.74) is 8.22. The van der Waals surface area contributed by atoms with Crippen LogP contribution in [0.15, 0.2) is 0 Å². The second-order valence-corrected chi connectivity index (χ2v) is 4.89. The van der Waals surface area contributed by atoms with Gasteiger partial charge >= 0.3 is 0 Å². The molecule has 0 saturated heterocycles. The standard InChI is InChI=1S/C10H14N4S/c1-5-6(2)15-9(11)8(5)10-12-7(3)13-14(10)4/h11H2,1-4H3. The Balaban J connectivity index is 2.68. The number of thiophene rings is 1. The van der Waals surface area contributed by atoms with Gasteiger partial charge in [-0.25, -0.2) is 9.67 Å². The summed E-state index contributed by atoms with van der Waals surface area (Å²) >= 11 is 1.61. The van der Waals surface area contributed by atoms with Crippen LogP contribution in [0.4, 0.5) is 5.00 Å². The minimum atomic E-state index is 0.773. The van der Waals surface area contributed by atoms with Crippen molar-refractivity contribution in [2.24, 2.45) is 7.05 Å². The van der Waals surface area contributed by atoms with Gasteiger partial charge in [-0.1, -0.05) is 0 Å². The number of hydrogen-bond acceptors (Lipinski definition) is 4. The van der Waals surface area contributed by atoms with Gasteiger partial charge in [0.2, 0.25) is 0 Å². The van der Waals surface area contributed by atoms with E-state index in [2.05, 4.69) is 23.9 Å². The lowest BCUT2D eigenvalue weighted by Crippen LogP contribution is -1.97. The second kappa shape index (κ2) is 3.34. The predicted octanol–water partition coefficient (Wildman–Crippen LogP) is 2.05. The number of nitrogen functional groups attached to an aromatic ring is 1. The highest BCUT2D eigenvalue weighted by atomic mass is 32.1. The molecular formula is C10H14N4S. The Hall–Kier alpha value is -1.36. The van der Waals surface area contributed by atoms with Crippen LogP contribution in [0.5, 0.6) is 0 Å². The molecule has 2 N–H and O–H groups in total. The Morgan fingerprint density at radius 3 is 2.33 bits per heavy atom.